The first kappa shape index (κ1) is 19.0. The zero-order valence-corrected chi connectivity index (χ0v) is 15.1. The van der Waals surface area contributed by atoms with Gasteiger partial charge in [-0.15, -0.1) is 0 Å². The average molecular weight is 416 g/mol. The van der Waals surface area contributed by atoms with Crippen molar-refractivity contribution in [2.75, 3.05) is 19.0 Å². The van der Waals surface area contributed by atoms with E-state index in [-0.39, 0.29) is 17.0 Å². The van der Waals surface area contributed by atoms with Gasteiger partial charge in [-0.25, -0.2) is 0 Å². The number of hydrogen-bond donors (Lipinski definition) is 1. The Morgan fingerprint density at radius 1 is 1.24 bits per heavy atom. The Hall–Kier alpha value is -2.35. The fourth-order valence-corrected chi connectivity index (χ4v) is 2.65. The Labute approximate surface area is 152 Å². The van der Waals surface area contributed by atoms with Crippen molar-refractivity contribution >= 4 is 27.5 Å². The predicted octanol–water partition coefficient (Wildman–Crippen LogP) is 4.71. The first-order valence-electron chi connectivity index (χ1n) is 7.31. The standard InChI is InChI=1S/C17H16BrF2NO4/c1-3-24-15-11(18)8-10(9-14(15)23-2)16(22)21-12-6-4-5-7-13(12)25-17(19)20/h4-9,17H,3H2,1-2H3,(H,21,22). The van der Waals surface area contributed by atoms with Gasteiger partial charge >= 0.3 is 6.61 Å². The van der Waals surface area contributed by atoms with Crippen molar-refractivity contribution in [2.45, 2.75) is 13.5 Å². The van der Waals surface area contributed by atoms with Gasteiger partial charge in [0.05, 0.1) is 23.9 Å². The van der Waals surface area contributed by atoms with Crippen LogP contribution in [0.15, 0.2) is 40.9 Å². The fraction of sp³-hybridized carbons (Fsp3) is 0.235. The second kappa shape index (κ2) is 8.66. The molecule has 0 heterocycles. The lowest BCUT2D eigenvalue weighted by atomic mass is 10.1. The molecule has 0 saturated heterocycles. The molecule has 25 heavy (non-hydrogen) atoms. The smallest absolute Gasteiger partial charge is 0.387 e. The highest BCUT2D eigenvalue weighted by Crippen LogP contribution is 2.37. The number of amides is 1. The first-order valence-corrected chi connectivity index (χ1v) is 8.11. The number of methoxy groups -OCH3 is 1. The fourth-order valence-electron chi connectivity index (χ4n) is 2.10. The number of hydrogen-bond acceptors (Lipinski definition) is 4. The van der Waals surface area contributed by atoms with Gasteiger partial charge < -0.3 is 19.5 Å². The Balaban J connectivity index is 2.29. The summed E-state index contributed by atoms with van der Waals surface area (Å²) in [6.45, 7) is -0.733. The van der Waals surface area contributed by atoms with E-state index in [4.69, 9.17) is 9.47 Å². The molecule has 0 bridgehead atoms. The Morgan fingerprint density at radius 2 is 1.96 bits per heavy atom. The SMILES string of the molecule is CCOc1c(Br)cc(C(=O)Nc2ccccc2OC(F)F)cc1OC. The molecule has 2 aromatic carbocycles. The van der Waals surface area contributed by atoms with Gasteiger partial charge in [-0.3, -0.25) is 4.79 Å². The maximum atomic E-state index is 12.5. The minimum absolute atomic E-state index is 0.122. The highest BCUT2D eigenvalue weighted by atomic mass is 79.9. The number of para-hydroxylation sites is 2. The van der Waals surface area contributed by atoms with Crippen LogP contribution in [0.5, 0.6) is 17.2 Å². The van der Waals surface area contributed by atoms with Gasteiger partial charge in [0.25, 0.3) is 5.91 Å². The topological polar surface area (TPSA) is 56.8 Å². The van der Waals surface area contributed by atoms with E-state index >= 15 is 0 Å². The minimum atomic E-state index is -2.99. The third-order valence-corrected chi connectivity index (χ3v) is 3.72. The first-order chi connectivity index (χ1) is 12.0. The number of ether oxygens (including phenoxy) is 3. The zero-order valence-electron chi connectivity index (χ0n) is 13.5. The van der Waals surface area contributed by atoms with Crippen LogP contribution in [0.25, 0.3) is 0 Å². The van der Waals surface area contributed by atoms with Gasteiger partial charge in [0.1, 0.15) is 5.75 Å². The summed E-state index contributed by atoms with van der Waals surface area (Å²) in [5, 5.41) is 2.55. The van der Waals surface area contributed by atoms with Crippen molar-refractivity contribution in [2.24, 2.45) is 0 Å². The monoisotopic (exact) mass is 415 g/mol. The van der Waals surface area contributed by atoms with Crippen LogP contribution in [0.4, 0.5) is 14.5 Å². The van der Waals surface area contributed by atoms with Crippen LogP contribution in [0.2, 0.25) is 0 Å². The number of rotatable bonds is 7. The highest BCUT2D eigenvalue weighted by Gasteiger charge is 2.17. The van der Waals surface area contributed by atoms with E-state index in [9.17, 15) is 13.6 Å². The molecule has 0 aliphatic heterocycles. The molecule has 0 aliphatic carbocycles. The molecular weight excluding hydrogens is 400 g/mol. The van der Waals surface area contributed by atoms with E-state index in [1.54, 1.807) is 12.1 Å². The molecule has 1 N–H and O–H groups in total. The number of carbonyl (C=O) groups excluding carboxylic acids is 1. The summed E-state index contributed by atoms with van der Waals surface area (Å²) in [4.78, 5) is 12.5. The van der Waals surface area contributed by atoms with Crippen molar-refractivity contribution in [3.05, 3.63) is 46.4 Å². The van der Waals surface area contributed by atoms with Gasteiger partial charge in [-0.2, -0.15) is 8.78 Å². The molecule has 0 atom stereocenters. The molecule has 2 rings (SSSR count). The maximum Gasteiger partial charge on any atom is 0.387 e. The summed E-state index contributed by atoms with van der Waals surface area (Å²) in [5.74, 6) is 0.219. The summed E-state index contributed by atoms with van der Waals surface area (Å²) >= 11 is 3.33. The van der Waals surface area contributed by atoms with Crippen LogP contribution in [-0.4, -0.2) is 26.2 Å². The van der Waals surface area contributed by atoms with Gasteiger partial charge in [0.15, 0.2) is 11.5 Å². The van der Waals surface area contributed by atoms with Crippen LogP contribution in [0.1, 0.15) is 17.3 Å². The van der Waals surface area contributed by atoms with E-state index in [1.165, 1.54) is 31.4 Å². The van der Waals surface area contributed by atoms with E-state index in [0.717, 1.165) is 0 Å². The molecule has 1 amide bonds. The molecule has 0 spiro atoms. The highest BCUT2D eigenvalue weighted by molar-refractivity contribution is 9.10. The number of carbonyl (C=O) groups is 1. The van der Waals surface area contributed by atoms with Gasteiger partial charge in [0.2, 0.25) is 0 Å². The third-order valence-electron chi connectivity index (χ3n) is 3.13. The molecule has 5 nitrogen and oxygen atoms in total. The van der Waals surface area contributed by atoms with Crippen LogP contribution in [0.3, 0.4) is 0 Å². The van der Waals surface area contributed by atoms with Crippen LogP contribution < -0.4 is 19.5 Å². The number of nitrogens with one attached hydrogen (secondary N) is 1. The lowest BCUT2D eigenvalue weighted by Crippen LogP contribution is -2.14. The summed E-state index contributed by atoms with van der Waals surface area (Å²) in [6.07, 6.45) is 0. The third kappa shape index (κ3) is 4.82. The van der Waals surface area contributed by atoms with Gasteiger partial charge in [0, 0.05) is 5.56 Å². The molecular formula is C17H16BrF2NO4. The number of benzene rings is 2. The van der Waals surface area contributed by atoms with Crippen molar-refractivity contribution in [3.8, 4) is 17.2 Å². The second-order valence-electron chi connectivity index (χ2n) is 4.75. The minimum Gasteiger partial charge on any atom is -0.493 e. The summed E-state index contributed by atoms with van der Waals surface area (Å²) < 4.78 is 40.6. The van der Waals surface area contributed by atoms with Crippen molar-refractivity contribution in [3.63, 3.8) is 0 Å². The molecule has 0 unspecified atom stereocenters. The molecule has 0 aromatic heterocycles. The Bertz CT molecular complexity index is 755. The summed E-state index contributed by atoms with van der Waals surface area (Å²) in [6, 6.07) is 9.00. The zero-order chi connectivity index (χ0) is 18.4. The average Bonchev–Trinajstić information content (AvgIpc) is 2.57. The van der Waals surface area contributed by atoms with Crippen LogP contribution in [0, 0.1) is 0 Å². The number of alkyl halides is 2. The van der Waals surface area contributed by atoms with Crippen molar-refractivity contribution in [1.29, 1.82) is 0 Å². The quantitative estimate of drug-likeness (QED) is 0.711. The lowest BCUT2D eigenvalue weighted by molar-refractivity contribution is -0.0493. The molecule has 134 valence electrons. The van der Waals surface area contributed by atoms with E-state index < -0.39 is 12.5 Å². The maximum absolute atomic E-state index is 12.5. The largest absolute Gasteiger partial charge is 0.493 e. The molecule has 8 heteroatoms. The lowest BCUT2D eigenvalue weighted by Gasteiger charge is -2.14. The summed E-state index contributed by atoms with van der Waals surface area (Å²) in [7, 11) is 1.46. The van der Waals surface area contributed by atoms with Crippen LogP contribution in [-0.2, 0) is 0 Å². The van der Waals surface area contributed by atoms with Gasteiger partial charge in [-0.1, -0.05) is 12.1 Å². The molecule has 0 fully saturated rings. The molecule has 2 aromatic rings. The second-order valence-corrected chi connectivity index (χ2v) is 5.61. The van der Waals surface area contributed by atoms with E-state index in [0.29, 0.717) is 22.6 Å². The molecule has 0 aliphatic rings. The number of halogens is 3. The van der Waals surface area contributed by atoms with Crippen molar-refractivity contribution in [1.82, 2.24) is 0 Å². The van der Waals surface area contributed by atoms with Crippen LogP contribution >= 0.6 is 15.9 Å². The van der Waals surface area contributed by atoms with Crippen molar-refractivity contribution < 1.29 is 27.8 Å². The molecule has 0 radical (unpaired) electrons. The number of anilines is 1. The van der Waals surface area contributed by atoms with E-state index in [2.05, 4.69) is 26.0 Å². The predicted molar refractivity (Wildman–Crippen MR) is 92.9 cm³/mol. The Morgan fingerprint density at radius 3 is 2.60 bits per heavy atom. The Kier molecular flexibility index (Phi) is 6.58. The van der Waals surface area contributed by atoms with E-state index in [1.807, 2.05) is 6.92 Å². The normalized spacial score (nSPS) is 10.5. The molecule has 0 saturated carbocycles. The van der Waals surface area contributed by atoms with Gasteiger partial charge in [-0.05, 0) is 47.1 Å². The summed E-state index contributed by atoms with van der Waals surface area (Å²) in [5.41, 5.74) is 0.399.